The van der Waals surface area contributed by atoms with E-state index in [4.69, 9.17) is 19.4 Å². The zero-order valence-corrected chi connectivity index (χ0v) is 15.3. The van der Waals surface area contributed by atoms with Gasteiger partial charge in [0.25, 0.3) is 0 Å². The number of hydrogen-bond acceptors (Lipinski definition) is 9. The Morgan fingerprint density at radius 3 is 2.81 bits per heavy atom. The van der Waals surface area contributed by atoms with Gasteiger partial charge in [-0.15, -0.1) is 11.3 Å². The highest BCUT2D eigenvalue weighted by Crippen LogP contribution is 2.31. The Labute approximate surface area is 154 Å². The highest BCUT2D eigenvalue weighted by molar-refractivity contribution is 7.18. The van der Waals surface area contributed by atoms with Gasteiger partial charge in [0.15, 0.2) is 11.6 Å². The number of hydrogen-bond donors (Lipinski definition) is 2. The maximum Gasteiger partial charge on any atom is 0.707 e. The lowest BCUT2D eigenvalue weighted by molar-refractivity contribution is 0.279. The van der Waals surface area contributed by atoms with E-state index in [0.29, 0.717) is 5.75 Å². The first-order chi connectivity index (χ1) is 12.5. The first-order valence-electron chi connectivity index (χ1n) is 7.67. The van der Waals surface area contributed by atoms with Crippen LogP contribution in [0.3, 0.4) is 0 Å². The minimum Gasteiger partial charge on any atom is -0.509 e. The molecule has 3 aromatic rings. The third-order valence-corrected chi connectivity index (χ3v) is 4.70. The first-order valence-corrected chi connectivity index (χ1v) is 8.55. The van der Waals surface area contributed by atoms with Gasteiger partial charge in [-0.25, -0.2) is 15.0 Å². The fourth-order valence-corrected chi connectivity index (χ4v) is 3.39. The third kappa shape index (κ3) is 3.77. The predicted octanol–water partition coefficient (Wildman–Crippen LogP) is 1.83. The van der Waals surface area contributed by atoms with E-state index in [1.165, 1.54) is 13.4 Å². The molecule has 2 aromatic heterocycles. The van der Waals surface area contributed by atoms with E-state index in [2.05, 4.69) is 15.1 Å². The van der Waals surface area contributed by atoms with Crippen molar-refractivity contribution in [3.8, 4) is 11.5 Å². The predicted molar refractivity (Wildman–Crippen MR) is 102 cm³/mol. The summed E-state index contributed by atoms with van der Waals surface area (Å²) in [5.41, 5.74) is 2.78. The van der Waals surface area contributed by atoms with Crippen LogP contribution in [-0.4, -0.2) is 47.7 Å². The summed E-state index contributed by atoms with van der Waals surface area (Å²) >= 11 is 1.58. The summed E-state index contributed by atoms with van der Waals surface area (Å²) in [5, 5.41) is 26.0. The van der Waals surface area contributed by atoms with Crippen LogP contribution in [0.5, 0.6) is 11.5 Å². The molecule has 0 aliphatic carbocycles. The molecule has 26 heavy (non-hydrogen) atoms. The van der Waals surface area contributed by atoms with Gasteiger partial charge in [-0.3, -0.25) is 0 Å². The van der Waals surface area contributed by atoms with Crippen LogP contribution in [0.1, 0.15) is 11.1 Å². The van der Waals surface area contributed by atoms with Crippen molar-refractivity contribution in [2.45, 2.75) is 6.92 Å². The van der Waals surface area contributed by atoms with Crippen LogP contribution >= 0.6 is 11.3 Å². The monoisotopic (exact) mass is 372 g/mol. The van der Waals surface area contributed by atoms with Crippen LogP contribution in [0.2, 0.25) is 0 Å². The van der Waals surface area contributed by atoms with Gasteiger partial charge in [-0.05, 0) is 41.6 Å². The Balaban J connectivity index is 1.84. The smallest absolute Gasteiger partial charge is 0.509 e. The molecule has 2 heterocycles. The summed E-state index contributed by atoms with van der Waals surface area (Å²) in [6.07, 6.45) is 3.18. The second-order valence-corrected chi connectivity index (χ2v) is 6.30. The van der Waals surface area contributed by atoms with Crippen molar-refractivity contribution in [1.29, 1.82) is 0 Å². The minimum atomic E-state index is -1.91. The van der Waals surface area contributed by atoms with Gasteiger partial charge in [-0.2, -0.15) is 5.10 Å². The van der Waals surface area contributed by atoms with E-state index in [1.807, 2.05) is 19.4 Å². The number of fused-ring (bicyclic) bond motifs is 1. The summed E-state index contributed by atoms with van der Waals surface area (Å²) in [4.78, 5) is 8.63. The summed E-state index contributed by atoms with van der Waals surface area (Å²) < 4.78 is 11.0. The standard InChI is InChI=1S/C16H17BN4O4S/c1-10-8-26-15-14(10)18-9-19-16(15)21(2)20-7-11-4-5-12(25-17(22)23)13(6-11)24-3/h4-9,22-23H,1-3H3/b20-7+. The molecule has 0 aliphatic heterocycles. The Bertz CT molecular complexity index is 947. The maximum absolute atomic E-state index is 8.92. The topological polar surface area (TPSA) is 100 Å². The largest absolute Gasteiger partial charge is 0.707 e. The number of aromatic nitrogens is 2. The lowest BCUT2D eigenvalue weighted by Crippen LogP contribution is -2.20. The number of methoxy groups -OCH3 is 1. The van der Waals surface area contributed by atoms with Crippen molar-refractivity contribution in [3.05, 3.63) is 41.0 Å². The SMILES string of the molecule is COc1cc(/C=N/N(C)c2ncnc3c(C)csc23)ccc1OB(O)O. The van der Waals surface area contributed by atoms with Crippen LogP contribution < -0.4 is 14.4 Å². The lowest BCUT2D eigenvalue weighted by Gasteiger charge is -2.13. The molecule has 0 saturated carbocycles. The molecule has 1 aromatic carbocycles. The molecule has 0 spiro atoms. The van der Waals surface area contributed by atoms with Crippen LogP contribution in [0.4, 0.5) is 5.82 Å². The highest BCUT2D eigenvalue weighted by atomic mass is 32.1. The molecule has 0 atom stereocenters. The van der Waals surface area contributed by atoms with Crippen LogP contribution in [-0.2, 0) is 0 Å². The summed E-state index contributed by atoms with van der Waals surface area (Å²) in [6, 6.07) is 4.98. The summed E-state index contributed by atoms with van der Waals surface area (Å²) in [6.45, 7) is 2.01. The Hall–Kier alpha value is -2.69. The molecule has 2 N–H and O–H groups in total. The quantitative estimate of drug-likeness (QED) is 0.387. The molecule has 0 saturated heterocycles. The van der Waals surface area contributed by atoms with Crippen LogP contribution in [0, 0.1) is 6.92 Å². The van der Waals surface area contributed by atoms with Gasteiger partial charge in [0, 0.05) is 7.05 Å². The van der Waals surface area contributed by atoms with Crippen LogP contribution in [0.25, 0.3) is 10.2 Å². The number of anilines is 1. The number of benzene rings is 1. The Morgan fingerprint density at radius 2 is 2.08 bits per heavy atom. The Kier molecular flexibility index (Phi) is 5.36. The molecule has 134 valence electrons. The molecule has 0 aliphatic rings. The lowest BCUT2D eigenvalue weighted by atomic mass is 10.2. The number of rotatable bonds is 6. The van der Waals surface area contributed by atoms with Crippen molar-refractivity contribution >= 4 is 40.9 Å². The molecular formula is C16H17BN4O4S. The van der Waals surface area contributed by atoms with Crippen molar-refractivity contribution in [1.82, 2.24) is 9.97 Å². The van der Waals surface area contributed by atoms with Gasteiger partial charge in [0.1, 0.15) is 12.1 Å². The fraction of sp³-hybridized carbons (Fsp3) is 0.188. The van der Waals surface area contributed by atoms with Gasteiger partial charge in [0.2, 0.25) is 0 Å². The molecular weight excluding hydrogens is 355 g/mol. The van der Waals surface area contributed by atoms with Gasteiger partial charge >= 0.3 is 7.32 Å². The molecule has 0 bridgehead atoms. The van der Waals surface area contributed by atoms with Crippen molar-refractivity contribution < 1.29 is 19.4 Å². The van der Waals surface area contributed by atoms with E-state index < -0.39 is 7.32 Å². The molecule has 0 unspecified atom stereocenters. The number of nitrogens with zero attached hydrogens (tertiary/aromatic N) is 4. The highest BCUT2D eigenvalue weighted by Gasteiger charge is 2.15. The van der Waals surface area contributed by atoms with E-state index in [9.17, 15) is 0 Å². The third-order valence-electron chi connectivity index (χ3n) is 3.62. The molecule has 3 rings (SSSR count). The average molecular weight is 372 g/mol. The summed E-state index contributed by atoms with van der Waals surface area (Å²) in [5.74, 6) is 1.31. The van der Waals surface area contributed by atoms with Gasteiger partial charge in [0.05, 0.1) is 23.5 Å². The van der Waals surface area contributed by atoms with Crippen molar-refractivity contribution in [2.75, 3.05) is 19.2 Å². The molecule has 10 heteroatoms. The zero-order valence-electron chi connectivity index (χ0n) is 14.4. The normalized spacial score (nSPS) is 11.1. The molecule has 8 nitrogen and oxygen atoms in total. The number of hydrazone groups is 1. The first kappa shape index (κ1) is 18.1. The second-order valence-electron chi connectivity index (χ2n) is 5.42. The summed E-state index contributed by atoms with van der Waals surface area (Å²) in [7, 11) is 1.36. The average Bonchev–Trinajstić information content (AvgIpc) is 3.01. The van der Waals surface area contributed by atoms with E-state index in [1.54, 1.807) is 40.8 Å². The second kappa shape index (κ2) is 7.69. The van der Waals surface area contributed by atoms with Crippen molar-refractivity contribution in [2.24, 2.45) is 5.10 Å². The molecule has 0 amide bonds. The fourth-order valence-electron chi connectivity index (χ4n) is 2.37. The van der Waals surface area contributed by atoms with Crippen molar-refractivity contribution in [3.63, 3.8) is 0 Å². The van der Waals surface area contributed by atoms with Gasteiger partial charge < -0.3 is 19.4 Å². The molecule has 0 fully saturated rings. The van der Waals surface area contributed by atoms with E-state index >= 15 is 0 Å². The minimum absolute atomic E-state index is 0.222. The van der Waals surface area contributed by atoms with E-state index in [-0.39, 0.29) is 5.75 Å². The van der Waals surface area contributed by atoms with Crippen LogP contribution in [0.15, 0.2) is 35.0 Å². The molecule has 0 radical (unpaired) electrons. The number of aryl methyl sites for hydroxylation is 1. The zero-order chi connectivity index (χ0) is 18.7. The Morgan fingerprint density at radius 1 is 1.27 bits per heavy atom. The maximum atomic E-state index is 8.92. The van der Waals surface area contributed by atoms with Gasteiger partial charge in [-0.1, -0.05) is 0 Å². The number of thiophene rings is 1. The van der Waals surface area contributed by atoms with E-state index in [0.717, 1.165) is 27.2 Å². The number of ether oxygens (including phenoxy) is 1.